The van der Waals surface area contributed by atoms with Crippen LogP contribution in [0.5, 0.6) is 11.5 Å². The van der Waals surface area contributed by atoms with Gasteiger partial charge in [-0.3, -0.25) is 0 Å². The molecule has 130 valence electrons. The molecule has 24 heavy (non-hydrogen) atoms. The number of ether oxygens (including phenoxy) is 2. The molecule has 0 spiro atoms. The Balaban J connectivity index is 1.84. The number of rotatable bonds is 9. The minimum atomic E-state index is 0.555. The molecule has 2 aromatic carbocycles. The molecule has 0 heterocycles. The molecular formula is C21H29NO2. The van der Waals surface area contributed by atoms with Crippen molar-refractivity contribution in [1.82, 2.24) is 5.32 Å². The lowest BCUT2D eigenvalue weighted by Crippen LogP contribution is -2.19. The van der Waals surface area contributed by atoms with Gasteiger partial charge in [0.05, 0.1) is 14.2 Å². The summed E-state index contributed by atoms with van der Waals surface area (Å²) in [4.78, 5) is 0. The molecule has 3 heteroatoms. The third-order valence-corrected chi connectivity index (χ3v) is 4.47. The molecule has 0 saturated heterocycles. The normalized spacial score (nSPS) is 12.2. The largest absolute Gasteiger partial charge is 0.497 e. The van der Waals surface area contributed by atoms with Crippen molar-refractivity contribution in [2.24, 2.45) is 5.92 Å². The van der Waals surface area contributed by atoms with Gasteiger partial charge < -0.3 is 14.8 Å². The van der Waals surface area contributed by atoms with E-state index < -0.39 is 0 Å². The summed E-state index contributed by atoms with van der Waals surface area (Å²) in [5.41, 5.74) is 2.67. The lowest BCUT2D eigenvalue weighted by atomic mass is 9.86. The Labute approximate surface area is 146 Å². The van der Waals surface area contributed by atoms with E-state index in [1.54, 1.807) is 14.2 Å². The van der Waals surface area contributed by atoms with Gasteiger partial charge in [-0.2, -0.15) is 0 Å². The summed E-state index contributed by atoms with van der Waals surface area (Å²) in [6, 6.07) is 16.7. The van der Waals surface area contributed by atoms with Crippen LogP contribution in [0.25, 0.3) is 0 Å². The zero-order chi connectivity index (χ0) is 17.4. The molecular weight excluding hydrogens is 298 g/mol. The van der Waals surface area contributed by atoms with Gasteiger partial charge in [0.1, 0.15) is 11.5 Å². The SMILES string of the molecule is COc1ccc(CNCC[C@H](c2ccc(OC)cc2)C(C)C)cc1. The Kier molecular flexibility index (Phi) is 7.13. The monoisotopic (exact) mass is 327 g/mol. The highest BCUT2D eigenvalue weighted by atomic mass is 16.5. The van der Waals surface area contributed by atoms with Gasteiger partial charge in [0.25, 0.3) is 0 Å². The molecule has 0 aliphatic carbocycles. The molecule has 0 bridgehead atoms. The first-order valence-electron chi connectivity index (χ1n) is 8.61. The van der Waals surface area contributed by atoms with Gasteiger partial charge in [0, 0.05) is 6.54 Å². The van der Waals surface area contributed by atoms with E-state index in [0.29, 0.717) is 11.8 Å². The quantitative estimate of drug-likeness (QED) is 0.682. The summed E-state index contributed by atoms with van der Waals surface area (Å²) < 4.78 is 10.4. The van der Waals surface area contributed by atoms with Crippen molar-refractivity contribution in [3.8, 4) is 11.5 Å². The highest BCUT2D eigenvalue weighted by Crippen LogP contribution is 2.28. The van der Waals surface area contributed by atoms with E-state index in [-0.39, 0.29) is 0 Å². The highest BCUT2D eigenvalue weighted by Gasteiger charge is 2.15. The molecule has 1 N–H and O–H groups in total. The van der Waals surface area contributed by atoms with Gasteiger partial charge in [-0.05, 0) is 60.2 Å². The second kappa shape index (κ2) is 9.33. The topological polar surface area (TPSA) is 30.5 Å². The molecule has 0 aliphatic rings. The highest BCUT2D eigenvalue weighted by molar-refractivity contribution is 5.30. The van der Waals surface area contributed by atoms with Crippen molar-refractivity contribution in [3.05, 3.63) is 59.7 Å². The third kappa shape index (κ3) is 5.27. The van der Waals surface area contributed by atoms with E-state index in [0.717, 1.165) is 31.0 Å². The number of nitrogens with one attached hydrogen (secondary N) is 1. The molecule has 0 unspecified atom stereocenters. The van der Waals surface area contributed by atoms with Gasteiger partial charge in [-0.1, -0.05) is 38.1 Å². The van der Waals surface area contributed by atoms with Crippen LogP contribution in [-0.4, -0.2) is 20.8 Å². The zero-order valence-corrected chi connectivity index (χ0v) is 15.2. The molecule has 1 atom stereocenters. The minimum Gasteiger partial charge on any atom is -0.497 e. The van der Waals surface area contributed by atoms with E-state index >= 15 is 0 Å². The van der Waals surface area contributed by atoms with Gasteiger partial charge in [-0.15, -0.1) is 0 Å². The molecule has 0 fully saturated rings. The van der Waals surface area contributed by atoms with E-state index in [2.05, 4.69) is 55.6 Å². The Morgan fingerprint density at radius 2 is 1.38 bits per heavy atom. The lowest BCUT2D eigenvalue weighted by Gasteiger charge is -2.22. The Morgan fingerprint density at radius 3 is 1.88 bits per heavy atom. The van der Waals surface area contributed by atoms with Crippen molar-refractivity contribution in [1.29, 1.82) is 0 Å². The molecule has 0 radical (unpaired) electrons. The van der Waals surface area contributed by atoms with E-state index in [4.69, 9.17) is 9.47 Å². The molecule has 0 saturated carbocycles. The summed E-state index contributed by atoms with van der Waals surface area (Å²) >= 11 is 0. The van der Waals surface area contributed by atoms with Crippen molar-refractivity contribution in [2.45, 2.75) is 32.7 Å². The number of benzene rings is 2. The van der Waals surface area contributed by atoms with Gasteiger partial charge >= 0.3 is 0 Å². The number of hydrogen-bond donors (Lipinski definition) is 1. The van der Waals surface area contributed by atoms with Crippen LogP contribution in [0, 0.1) is 5.92 Å². The average Bonchev–Trinajstić information content (AvgIpc) is 2.62. The number of methoxy groups -OCH3 is 2. The first kappa shape index (κ1) is 18.3. The Morgan fingerprint density at radius 1 is 0.833 bits per heavy atom. The maximum absolute atomic E-state index is 5.25. The third-order valence-electron chi connectivity index (χ3n) is 4.47. The summed E-state index contributed by atoms with van der Waals surface area (Å²) in [5.74, 6) is 2.98. The van der Waals surface area contributed by atoms with Crippen molar-refractivity contribution in [3.63, 3.8) is 0 Å². The molecule has 0 aromatic heterocycles. The van der Waals surface area contributed by atoms with Crippen LogP contribution in [-0.2, 0) is 6.54 Å². The van der Waals surface area contributed by atoms with Crippen molar-refractivity contribution < 1.29 is 9.47 Å². The Hall–Kier alpha value is -2.00. The molecule has 0 aliphatic heterocycles. The second-order valence-corrected chi connectivity index (χ2v) is 6.44. The predicted molar refractivity (Wildman–Crippen MR) is 99.9 cm³/mol. The Bertz CT molecular complexity index is 590. The van der Waals surface area contributed by atoms with Crippen LogP contribution >= 0.6 is 0 Å². The van der Waals surface area contributed by atoms with Gasteiger partial charge in [-0.25, -0.2) is 0 Å². The fourth-order valence-electron chi connectivity index (χ4n) is 2.97. The van der Waals surface area contributed by atoms with E-state index in [1.165, 1.54) is 11.1 Å². The first-order chi connectivity index (χ1) is 11.6. The number of hydrogen-bond acceptors (Lipinski definition) is 3. The standard InChI is InChI=1S/C21H29NO2/c1-16(2)21(18-7-11-20(24-4)12-8-18)13-14-22-15-17-5-9-19(23-3)10-6-17/h5-12,16,21-22H,13-15H2,1-4H3/t21-/m0/s1. The smallest absolute Gasteiger partial charge is 0.118 e. The van der Waals surface area contributed by atoms with Crippen LogP contribution in [0.4, 0.5) is 0 Å². The maximum atomic E-state index is 5.25. The second-order valence-electron chi connectivity index (χ2n) is 6.44. The van der Waals surface area contributed by atoms with Crippen LogP contribution in [0.2, 0.25) is 0 Å². The van der Waals surface area contributed by atoms with E-state index in [1.807, 2.05) is 12.1 Å². The fourth-order valence-corrected chi connectivity index (χ4v) is 2.97. The predicted octanol–water partition coefficient (Wildman–Crippen LogP) is 4.62. The summed E-state index contributed by atoms with van der Waals surface area (Å²) in [5, 5.41) is 3.55. The minimum absolute atomic E-state index is 0.555. The van der Waals surface area contributed by atoms with Crippen molar-refractivity contribution in [2.75, 3.05) is 20.8 Å². The van der Waals surface area contributed by atoms with Crippen LogP contribution in [0.1, 0.15) is 37.3 Å². The van der Waals surface area contributed by atoms with Gasteiger partial charge in [0.15, 0.2) is 0 Å². The fraction of sp³-hybridized carbons (Fsp3) is 0.429. The maximum Gasteiger partial charge on any atom is 0.118 e. The molecule has 3 nitrogen and oxygen atoms in total. The molecule has 2 rings (SSSR count). The van der Waals surface area contributed by atoms with Crippen LogP contribution in [0.3, 0.4) is 0 Å². The average molecular weight is 327 g/mol. The van der Waals surface area contributed by atoms with E-state index in [9.17, 15) is 0 Å². The lowest BCUT2D eigenvalue weighted by molar-refractivity contribution is 0.413. The van der Waals surface area contributed by atoms with Crippen LogP contribution < -0.4 is 14.8 Å². The zero-order valence-electron chi connectivity index (χ0n) is 15.2. The first-order valence-corrected chi connectivity index (χ1v) is 8.61. The molecule has 2 aromatic rings. The summed E-state index contributed by atoms with van der Waals surface area (Å²) in [6.07, 6.45) is 1.13. The molecule has 0 amide bonds. The van der Waals surface area contributed by atoms with Crippen LogP contribution in [0.15, 0.2) is 48.5 Å². The summed E-state index contributed by atoms with van der Waals surface area (Å²) in [6.45, 7) is 6.47. The van der Waals surface area contributed by atoms with Gasteiger partial charge in [0.2, 0.25) is 0 Å². The summed E-state index contributed by atoms with van der Waals surface area (Å²) in [7, 11) is 3.40. The van der Waals surface area contributed by atoms with Crippen molar-refractivity contribution >= 4 is 0 Å².